The molecule has 1 heterocycles. The van der Waals surface area contributed by atoms with Crippen LogP contribution in [-0.4, -0.2) is 4.98 Å². The fraction of sp³-hybridized carbons (Fsp3) is 0.500. The van der Waals surface area contributed by atoms with Crippen LogP contribution in [0.3, 0.4) is 0 Å². The fourth-order valence-electron chi connectivity index (χ4n) is 1.77. The summed E-state index contributed by atoms with van der Waals surface area (Å²) < 4.78 is 0. The van der Waals surface area contributed by atoms with E-state index in [1.807, 2.05) is 13.1 Å². The lowest BCUT2D eigenvalue weighted by Gasteiger charge is -2.15. The molecule has 1 atom stereocenters. The Morgan fingerprint density at radius 2 is 2.20 bits per heavy atom. The lowest BCUT2D eigenvalue weighted by molar-refractivity contribution is 0.548. The van der Waals surface area contributed by atoms with Crippen LogP contribution >= 0.6 is 0 Å². The van der Waals surface area contributed by atoms with Gasteiger partial charge in [0.25, 0.3) is 0 Å². The molecule has 0 aliphatic heterocycles. The van der Waals surface area contributed by atoms with Crippen LogP contribution in [0.1, 0.15) is 37.9 Å². The van der Waals surface area contributed by atoms with Crippen LogP contribution in [0.2, 0.25) is 0 Å². The molecule has 0 amide bonds. The van der Waals surface area contributed by atoms with Crippen molar-refractivity contribution in [2.45, 2.75) is 40.0 Å². The molecule has 0 N–H and O–H groups in total. The Kier molecular flexibility index (Phi) is 4.54. The molecule has 0 saturated carbocycles. The topological polar surface area (TPSA) is 12.9 Å². The third kappa shape index (κ3) is 3.86. The maximum Gasteiger partial charge on any atom is 0.0372 e. The van der Waals surface area contributed by atoms with Gasteiger partial charge >= 0.3 is 0 Å². The number of hydrogen-bond acceptors (Lipinski definition) is 1. The Hall–Kier alpha value is -1.11. The molecule has 1 unspecified atom stereocenters. The van der Waals surface area contributed by atoms with Gasteiger partial charge in [-0.25, -0.2) is 0 Å². The molecule has 1 rings (SSSR count). The first-order chi connectivity index (χ1) is 7.13. The predicted octanol–water partition coefficient (Wildman–Crippen LogP) is 3.92. The van der Waals surface area contributed by atoms with Crippen molar-refractivity contribution >= 4 is 0 Å². The van der Waals surface area contributed by atoms with Crippen LogP contribution < -0.4 is 0 Å². The smallest absolute Gasteiger partial charge is 0.0372 e. The maximum absolute atomic E-state index is 4.32. The molecular weight excluding hydrogens is 182 g/mol. The summed E-state index contributed by atoms with van der Waals surface area (Å²) in [6, 6.07) is 4.25. The van der Waals surface area contributed by atoms with Gasteiger partial charge in [-0.3, -0.25) is 4.98 Å². The molecule has 0 fully saturated rings. The molecule has 1 heteroatoms. The number of allylic oxidation sites excluding steroid dienone is 1. The van der Waals surface area contributed by atoms with Gasteiger partial charge < -0.3 is 0 Å². The van der Waals surface area contributed by atoms with Crippen molar-refractivity contribution in [1.29, 1.82) is 0 Å². The van der Waals surface area contributed by atoms with Crippen molar-refractivity contribution in [1.82, 2.24) is 4.98 Å². The van der Waals surface area contributed by atoms with Crippen LogP contribution in [0.4, 0.5) is 0 Å². The molecule has 0 saturated heterocycles. The number of pyridine rings is 1. The first-order valence-corrected chi connectivity index (χ1v) is 5.70. The van der Waals surface area contributed by atoms with Gasteiger partial charge in [-0.05, 0) is 44.2 Å². The Morgan fingerprint density at radius 1 is 1.47 bits per heavy atom. The van der Waals surface area contributed by atoms with Crippen molar-refractivity contribution in [3.63, 3.8) is 0 Å². The normalized spacial score (nSPS) is 12.5. The lowest BCUT2D eigenvalue weighted by atomic mass is 9.90. The standard InChI is InChI=1S/C14H21N/c1-5-6-14(11(2)3)9-13-8-7-12(4)15-10-13/h7-8,10,14H,2,5-6,9H2,1,3-4H3. The molecule has 1 aromatic heterocycles. The van der Waals surface area contributed by atoms with Crippen LogP contribution in [0.15, 0.2) is 30.5 Å². The van der Waals surface area contributed by atoms with Gasteiger partial charge in [0.05, 0.1) is 0 Å². The van der Waals surface area contributed by atoms with E-state index in [1.54, 1.807) is 0 Å². The zero-order chi connectivity index (χ0) is 11.3. The van der Waals surface area contributed by atoms with Crippen molar-refractivity contribution in [3.8, 4) is 0 Å². The Balaban J connectivity index is 2.65. The Bertz CT molecular complexity index is 311. The van der Waals surface area contributed by atoms with E-state index in [2.05, 4.69) is 37.5 Å². The zero-order valence-corrected chi connectivity index (χ0v) is 10.1. The van der Waals surface area contributed by atoms with Gasteiger partial charge in [0, 0.05) is 11.9 Å². The van der Waals surface area contributed by atoms with Crippen molar-refractivity contribution in [2.24, 2.45) is 5.92 Å². The van der Waals surface area contributed by atoms with Gasteiger partial charge in [-0.2, -0.15) is 0 Å². The molecule has 0 radical (unpaired) electrons. The summed E-state index contributed by atoms with van der Waals surface area (Å²) in [5.74, 6) is 0.611. The van der Waals surface area contributed by atoms with E-state index in [4.69, 9.17) is 0 Å². The highest BCUT2D eigenvalue weighted by Crippen LogP contribution is 2.20. The predicted molar refractivity (Wildman–Crippen MR) is 65.9 cm³/mol. The number of aryl methyl sites for hydroxylation is 1. The average Bonchev–Trinajstić information content (AvgIpc) is 2.20. The molecule has 1 aromatic rings. The minimum Gasteiger partial charge on any atom is -0.261 e. The van der Waals surface area contributed by atoms with Crippen LogP contribution in [0.5, 0.6) is 0 Å². The van der Waals surface area contributed by atoms with E-state index >= 15 is 0 Å². The highest BCUT2D eigenvalue weighted by molar-refractivity contribution is 5.16. The van der Waals surface area contributed by atoms with Crippen molar-refractivity contribution in [3.05, 3.63) is 41.7 Å². The van der Waals surface area contributed by atoms with Crippen molar-refractivity contribution in [2.75, 3.05) is 0 Å². The zero-order valence-electron chi connectivity index (χ0n) is 10.1. The second-order valence-electron chi connectivity index (χ2n) is 4.34. The average molecular weight is 203 g/mol. The lowest BCUT2D eigenvalue weighted by Crippen LogP contribution is -2.05. The summed E-state index contributed by atoms with van der Waals surface area (Å²) in [6.07, 6.45) is 5.51. The second-order valence-corrected chi connectivity index (χ2v) is 4.34. The van der Waals surface area contributed by atoms with E-state index in [1.165, 1.54) is 24.0 Å². The number of rotatable bonds is 5. The monoisotopic (exact) mass is 203 g/mol. The summed E-state index contributed by atoms with van der Waals surface area (Å²) in [7, 11) is 0. The van der Waals surface area contributed by atoms with Crippen LogP contribution in [0.25, 0.3) is 0 Å². The second kappa shape index (κ2) is 5.69. The van der Waals surface area contributed by atoms with Gasteiger partial charge in [0.15, 0.2) is 0 Å². The van der Waals surface area contributed by atoms with E-state index in [0.717, 1.165) is 12.1 Å². The number of aromatic nitrogens is 1. The van der Waals surface area contributed by atoms with E-state index in [0.29, 0.717) is 5.92 Å². The first kappa shape index (κ1) is 12.0. The molecule has 0 bridgehead atoms. The largest absolute Gasteiger partial charge is 0.261 e. The van der Waals surface area contributed by atoms with E-state index in [9.17, 15) is 0 Å². The summed E-state index contributed by atoms with van der Waals surface area (Å²) in [4.78, 5) is 4.32. The Morgan fingerprint density at radius 3 is 2.67 bits per heavy atom. The Labute approximate surface area is 93.2 Å². The minimum absolute atomic E-state index is 0.611. The molecule has 0 aromatic carbocycles. The van der Waals surface area contributed by atoms with Gasteiger partial charge in [-0.15, -0.1) is 0 Å². The molecule has 0 aliphatic carbocycles. The minimum atomic E-state index is 0.611. The molecule has 15 heavy (non-hydrogen) atoms. The van der Waals surface area contributed by atoms with E-state index in [-0.39, 0.29) is 0 Å². The fourth-order valence-corrected chi connectivity index (χ4v) is 1.77. The maximum atomic E-state index is 4.32. The van der Waals surface area contributed by atoms with Gasteiger partial charge in [0.1, 0.15) is 0 Å². The van der Waals surface area contributed by atoms with Crippen LogP contribution in [-0.2, 0) is 6.42 Å². The van der Waals surface area contributed by atoms with E-state index < -0.39 is 0 Å². The summed E-state index contributed by atoms with van der Waals surface area (Å²) in [5.41, 5.74) is 3.69. The third-order valence-electron chi connectivity index (χ3n) is 2.79. The SMILES string of the molecule is C=C(C)C(CCC)Cc1ccc(C)nc1. The number of nitrogens with zero attached hydrogens (tertiary/aromatic N) is 1. The highest BCUT2D eigenvalue weighted by atomic mass is 14.7. The number of hydrogen-bond donors (Lipinski definition) is 0. The summed E-state index contributed by atoms with van der Waals surface area (Å²) in [6.45, 7) is 10.4. The molecular formula is C14H21N. The molecule has 0 aliphatic rings. The summed E-state index contributed by atoms with van der Waals surface area (Å²) in [5, 5.41) is 0. The summed E-state index contributed by atoms with van der Waals surface area (Å²) >= 11 is 0. The third-order valence-corrected chi connectivity index (χ3v) is 2.79. The molecule has 0 spiro atoms. The quantitative estimate of drug-likeness (QED) is 0.661. The first-order valence-electron chi connectivity index (χ1n) is 5.70. The van der Waals surface area contributed by atoms with Gasteiger partial charge in [0.2, 0.25) is 0 Å². The highest BCUT2D eigenvalue weighted by Gasteiger charge is 2.09. The van der Waals surface area contributed by atoms with Crippen LogP contribution in [0, 0.1) is 12.8 Å². The van der Waals surface area contributed by atoms with Crippen molar-refractivity contribution < 1.29 is 0 Å². The molecule has 1 nitrogen and oxygen atoms in total. The molecule has 82 valence electrons. The van der Waals surface area contributed by atoms with Gasteiger partial charge in [-0.1, -0.05) is 31.6 Å².